The third-order valence-corrected chi connectivity index (χ3v) is 4.89. The summed E-state index contributed by atoms with van der Waals surface area (Å²) >= 11 is 0. The van der Waals surface area contributed by atoms with Gasteiger partial charge in [-0.15, -0.1) is 0 Å². The summed E-state index contributed by atoms with van der Waals surface area (Å²) in [6.07, 6.45) is 4.84. The molecule has 5 nitrogen and oxygen atoms in total. The molecule has 0 radical (unpaired) electrons. The number of hydrogen-bond donors (Lipinski definition) is 2. The van der Waals surface area contributed by atoms with Crippen LogP contribution in [0.15, 0.2) is 23.2 Å². The minimum absolute atomic E-state index is 0.0424. The smallest absolute Gasteiger partial charge is 0.244 e. The van der Waals surface area contributed by atoms with E-state index in [-0.39, 0.29) is 16.8 Å². The van der Waals surface area contributed by atoms with E-state index in [2.05, 4.69) is 9.71 Å². The van der Waals surface area contributed by atoms with Gasteiger partial charge in [-0.3, -0.25) is 0 Å². The van der Waals surface area contributed by atoms with E-state index < -0.39 is 10.0 Å². The maximum absolute atomic E-state index is 12.1. The van der Waals surface area contributed by atoms with Crippen molar-refractivity contribution in [2.45, 2.75) is 37.1 Å². The molecule has 0 aliphatic heterocycles. The first-order valence-corrected chi connectivity index (χ1v) is 7.22. The van der Waals surface area contributed by atoms with Crippen molar-refractivity contribution in [2.75, 3.05) is 5.73 Å². The lowest BCUT2D eigenvalue weighted by molar-refractivity contribution is 0.260. The van der Waals surface area contributed by atoms with Crippen LogP contribution in [0.5, 0.6) is 0 Å². The van der Waals surface area contributed by atoms with Gasteiger partial charge in [0.1, 0.15) is 10.7 Å². The molecule has 1 atom stereocenters. The van der Waals surface area contributed by atoms with Crippen molar-refractivity contribution in [3.8, 4) is 0 Å². The van der Waals surface area contributed by atoms with Crippen molar-refractivity contribution >= 4 is 15.8 Å². The molecule has 0 bridgehead atoms. The summed E-state index contributed by atoms with van der Waals surface area (Å²) in [5.41, 5.74) is 5.57. The van der Waals surface area contributed by atoms with Crippen LogP contribution in [0.1, 0.15) is 26.2 Å². The van der Waals surface area contributed by atoms with Gasteiger partial charge in [0.25, 0.3) is 0 Å². The number of aromatic nitrogens is 1. The summed E-state index contributed by atoms with van der Waals surface area (Å²) in [6, 6.07) is 2.99. The molecule has 1 aliphatic rings. The first kappa shape index (κ1) is 12.3. The summed E-state index contributed by atoms with van der Waals surface area (Å²) in [4.78, 5) is 3.85. The highest BCUT2D eigenvalue weighted by atomic mass is 32.2. The predicted octanol–water partition coefficient (Wildman–Crippen LogP) is 1.13. The third-order valence-electron chi connectivity index (χ3n) is 3.29. The zero-order valence-corrected chi connectivity index (χ0v) is 10.6. The molecule has 94 valence electrons. The number of nitrogens with two attached hydrogens (primary N) is 1. The van der Waals surface area contributed by atoms with Crippen LogP contribution in [0, 0.1) is 5.92 Å². The quantitative estimate of drug-likeness (QED) is 0.844. The summed E-state index contributed by atoms with van der Waals surface area (Å²) in [7, 11) is -3.55. The number of rotatable bonds is 4. The van der Waals surface area contributed by atoms with Gasteiger partial charge in [-0.2, -0.15) is 0 Å². The van der Waals surface area contributed by atoms with Gasteiger partial charge < -0.3 is 5.73 Å². The Hall–Kier alpha value is -1.14. The number of anilines is 1. The van der Waals surface area contributed by atoms with Crippen LogP contribution >= 0.6 is 0 Å². The number of nitrogens with zero attached hydrogens (tertiary/aromatic N) is 1. The van der Waals surface area contributed by atoms with Crippen LogP contribution in [0.3, 0.4) is 0 Å². The van der Waals surface area contributed by atoms with Gasteiger partial charge in [-0.25, -0.2) is 18.1 Å². The molecule has 3 N–H and O–H groups in total. The summed E-state index contributed by atoms with van der Waals surface area (Å²) in [5, 5.41) is 0. The zero-order valence-electron chi connectivity index (χ0n) is 9.76. The van der Waals surface area contributed by atoms with Crippen LogP contribution in [0.25, 0.3) is 0 Å². The molecule has 0 amide bonds. The van der Waals surface area contributed by atoms with Crippen LogP contribution in [-0.2, 0) is 10.0 Å². The van der Waals surface area contributed by atoms with Crippen molar-refractivity contribution in [3.05, 3.63) is 18.3 Å². The van der Waals surface area contributed by atoms with Gasteiger partial charge in [0, 0.05) is 12.2 Å². The molecule has 2 rings (SSSR count). The molecule has 1 aliphatic carbocycles. The fourth-order valence-electron chi connectivity index (χ4n) is 1.97. The number of hydrogen-bond acceptors (Lipinski definition) is 4. The molecule has 1 saturated carbocycles. The van der Waals surface area contributed by atoms with Crippen molar-refractivity contribution in [1.29, 1.82) is 0 Å². The lowest BCUT2D eigenvalue weighted by Gasteiger charge is -2.31. The first-order valence-electron chi connectivity index (χ1n) is 5.73. The standard InChI is InChI=1S/C11H17N3O2S/c1-8(9-4-2-5-9)14-17(15,16)10-6-3-7-13-11(10)12/h3,6-9,14H,2,4-5H2,1H3,(H2,12,13). The SMILES string of the molecule is CC(NS(=O)(=O)c1cccnc1N)C1CCC1. The van der Waals surface area contributed by atoms with Crippen molar-refractivity contribution in [2.24, 2.45) is 5.92 Å². The van der Waals surface area contributed by atoms with Crippen molar-refractivity contribution in [1.82, 2.24) is 9.71 Å². The Morgan fingerprint density at radius 1 is 1.53 bits per heavy atom. The van der Waals surface area contributed by atoms with Gasteiger partial charge in [-0.05, 0) is 37.8 Å². The average Bonchev–Trinajstić information content (AvgIpc) is 2.13. The highest BCUT2D eigenvalue weighted by Gasteiger charge is 2.28. The van der Waals surface area contributed by atoms with Crippen LogP contribution < -0.4 is 10.5 Å². The number of nitrogen functional groups attached to an aromatic ring is 1. The maximum atomic E-state index is 12.1. The zero-order chi connectivity index (χ0) is 12.5. The minimum Gasteiger partial charge on any atom is -0.383 e. The fraction of sp³-hybridized carbons (Fsp3) is 0.545. The predicted molar refractivity (Wildman–Crippen MR) is 65.8 cm³/mol. The number of sulfonamides is 1. The summed E-state index contributed by atoms with van der Waals surface area (Å²) in [6.45, 7) is 1.90. The van der Waals surface area contributed by atoms with Crippen LogP contribution in [0.4, 0.5) is 5.82 Å². The maximum Gasteiger partial charge on any atom is 0.244 e. The molecule has 1 aromatic heterocycles. The highest BCUT2D eigenvalue weighted by Crippen LogP contribution is 2.30. The first-order chi connectivity index (χ1) is 8.00. The second-order valence-electron chi connectivity index (χ2n) is 4.49. The van der Waals surface area contributed by atoms with E-state index in [0.29, 0.717) is 5.92 Å². The fourth-order valence-corrected chi connectivity index (χ4v) is 3.37. The van der Waals surface area contributed by atoms with E-state index >= 15 is 0 Å². The highest BCUT2D eigenvalue weighted by molar-refractivity contribution is 7.89. The molecular weight excluding hydrogens is 238 g/mol. The molecule has 1 unspecified atom stereocenters. The Bertz CT molecular complexity index is 497. The Balaban J connectivity index is 2.16. The van der Waals surface area contributed by atoms with Crippen molar-refractivity contribution in [3.63, 3.8) is 0 Å². The van der Waals surface area contributed by atoms with E-state index in [1.54, 1.807) is 6.07 Å². The Labute approximate surface area is 101 Å². The second-order valence-corrected chi connectivity index (χ2v) is 6.17. The van der Waals surface area contributed by atoms with E-state index in [4.69, 9.17) is 5.73 Å². The summed E-state index contributed by atoms with van der Waals surface area (Å²) in [5.74, 6) is 0.489. The van der Waals surface area contributed by atoms with Gasteiger partial charge in [-0.1, -0.05) is 6.42 Å². The monoisotopic (exact) mass is 255 g/mol. The van der Waals surface area contributed by atoms with Gasteiger partial charge >= 0.3 is 0 Å². The molecule has 0 saturated heterocycles. The van der Waals surface area contributed by atoms with Crippen LogP contribution in [-0.4, -0.2) is 19.4 Å². The normalized spacial score (nSPS) is 18.6. The van der Waals surface area contributed by atoms with E-state index in [9.17, 15) is 8.42 Å². The Morgan fingerprint density at radius 3 is 2.76 bits per heavy atom. The van der Waals surface area contributed by atoms with E-state index in [0.717, 1.165) is 12.8 Å². The molecule has 0 spiro atoms. The molecule has 0 aromatic carbocycles. The number of nitrogens with one attached hydrogen (secondary N) is 1. The average molecular weight is 255 g/mol. The summed E-state index contributed by atoms with van der Waals surface area (Å²) < 4.78 is 26.8. The Morgan fingerprint density at radius 2 is 2.24 bits per heavy atom. The Kier molecular flexibility index (Phi) is 3.35. The second kappa shape index (κ2) is 4.62. The molecule has 6 heteroatoms. The molecule has 1 heterocycles. The lowest BCUT2D eigenvalue weighted by Crippen LogP contribution is -2.40. The molecule has 1 fully saturated rings. The van der Waals surface area contributed by atoms with E-state index in [1.807, 2.05) is 6.92 Å². The topological polar surface area (TPSA) is 85.1 Å². The lowest BCUT2D eigenvalue weighted by atomic mass is 9.81. The van der Waals surface area contributed by atoms with Gasteiger partial charge in [0.15, 0.2) is 0 Å². The van der Waals surface area contributed by atoms with Gasteiger partial charge in [0.2, 0.25) is 10.0 Å². The molecule has 17 heavy (non-hydrogen) atoms. The molecular formula is C11H17N3O2S. The largest absolute Gasteiger partial charge is 0.383 e. The minimum atomic E-state index is -3.55. The number of pyridine rings is 1. The van der Waals surface area contributed by atoms with E-state index in [1.165, 1.54) is 18.7 Å². The molecule has 1 aromatic rings. The van der Waals surface area contributed by atoms with Gasteiger partial charge in [0.05, 0.1) is 0 Å². The van der Waals surface area contributed by atoms with Crippen LogP contribution in [0.2, 0.25) is 0 Å². The third kappa shape index (κ3) is 2.58. The van der Waals surface area contributed by atoms with Crippen molar-refractivity contribution < 1.29 is 8.42 Å².